The van der Waals surface area contributed by atoms with Crippen molar-refractivity contribution in [1.29, 1.82) is 0 Å². The molecule has 0 saturated carbocycles. The van der Waals surface area contributed by atoms with Crippen LogP contribution in [0.2, 0.25) is 0 Å². The third kappa shape index (κ3) is 2.35. The average molecular weight is 287 g/mol. The summed E-state index contributed by atoms with van der Waals surface area (Å²) in [5.41, 5.74) is 0.871. The van der Waals surface area contributed by atoms with Gasteiger partial charge in [0, 0.05) is 5.56 Å². The topological polar surface area (TPSA) is 69.4 Å². The summed E-state index contributed by atoms with van der Waals surface area (Å²) >= 11 is 0. The molecule has 1 aromatic carbocycles. The van der Waals surface area contributed by atoms with Crippen LogP contribution < -0.4 is 10.1 Å². The van der Waals surface area contributed by atoms with Crippen molar-refractivity contribution in [3.63, 3.8) is 0 Å². The van der Waals surface area contributed by atoms with Crippen molar-refractivity contribution >= 4 is 6.01 Å². The third-order valence-corrected chi connectivity index (χ3v) is 4.17. The highest BCUT2D eigenvalue weighted by Gasteiger charge is 2.41. The maximum Gasteiger partial charge on any atom is 0.322 e. The first-order chi connectivity index (χ1) is 10.3. The summed E-state index contributed by atoms with van der Waals surface area (Å²) in [6.07, 6.45) is 3.97. The highest BCUT2D eigenvalue weighted by atomic mass is 16.5. The first-order valence-electron chi connectivity index (χ1n) is 7.22. The Morgan fingerprint density at radius 3 is 3.05 bits per heavy atom. The van der Waals surface area contributed by atoms with E-state index in [2.05, 4.69) is 15.5 Å². The first-order valence-corrected chi connectivity index (χ1v) is 7.22. The summed E-state index contributed by atoms with van der Waals surface area (Å²) < 4.78 is 16.3. The zero-order valence-corrected chi connectivity index (χ0v) is 11.8. The Kier molecular flexibility index (Phi) is 3.03. The molecular weight excluding hydrogens is 270 g/mol. The number of nitrogens with one attached hydrogen (secondary N) is 1. The van der Waals surface area contributed by atoms with Crippen LogP contribution in [-0.4, -0.2) is 35.5 Å². The predicted octanol–water partition coefficient (Wildman–Crippen LogP) is 2.48. The standard InChI is InChI=1S/C15H17N3O3/c1-19-10-4-2-3-9(7-10)14-17-15(21-18-14)16-12-8-11-5-6-13(12)20-11/h2-4,7,11-13H,5-6,8H2,1H3,(H,16,17,18). The first kappa shape index (κ1) is 12.6. The molecule has 6 heteroatoms. The molecule has 2 fully saturated rings. The summed E-state index contributed by atoms with van der Waals surface area (Å²) in [5.74, 6) is 1.33. The molecule has 0 spiro atoms. The lowest BCUT2D eigenvalue weighted by Gasteiger charge is -2.18. The molecule has 3 atom stereocenters. The van der Waals surface area contributed by atoms with E-state index in [0.29, 0.717) is 17.9 Å². The van der Waals surface area contributed by atoms with Crippen molar-refractivity contribution in [2.24, 2.45) is 0 Å². The van der Waals surface area contributed by atoms with E-state index in [1.54, 1.807) is 7.11 Å². The van der Waals surface area contributed by atoms with Gasteiger partial charge in [-0.25, -0.2) is 0 Å². The van der Waals surface area contributed by atoms with Crippen molar-refractivity contribution < 1.29 is 14.0 Å². The van der Waals surface area contributed by atoms with Gasteiger partial charge in [-0.15, -0.1) is 0 Å². The molecule has 2 aromatic rings. The lowest BCUT2D eigenvalue weighted by molar-refractivity contribution is 0.102. The zero-order valence-electron chi connectivity index (χ0n) is 11.8. The Labute approximate surface area is 122 Å². The van der Waals surface area contributed by atoms with Crippen molar-refractivity contribution in [1.82, 2.24) is 10.1 Å². The fraction of sp³-hybridized carbons (Fsp3) is 0.467. The lowest BCUT2D eigenvalue weighted by Crippen LogP contribution is -2.30. The van der Waals surface area contributed by atoms with E-state index in [9.17, 15) is 0 Å². The van der Waals surface area contributed by atoms with E-state index in [4.69, 9.17) is 14.0 Å². The van der Waals surface area contributed by atoms with Crippen LogP contribution in [0.4, 0.5) is 6.01 Å². The van der Waals surface area contributed by atoms with Gasteiger partial charge in [0.15, 0.2) is 0 Å². The molecule has 110 valence electrons. The minimum Gasteiger partial charge on any atom is -0.497 e. The normalized spacial score (nSPS) is 27.0. The van der Waals surface area contributed by atoms with E-state index in [-0.39, 0.29) is 12.1 Å². The van der Waals surface area contributed by atoms with Crippen molar-refractivity contribution in [2.75, 3.05) is 12.4 Å². The Hall–Kier alpha value is -2.08. The minimum atomic E-state index is 0.280. The van der Waals surface area contributed by atoms with Gasteiger partial charge >= 0.3 is 6.01 Å². The Morgan fingerprint density at radius 1 is 1.33 bits per heavy atom. The number of nitrogens with zero attached hydrogens (tertiary/aromatic N) is 2. The van der Waals surface area contributed by atoms with Gasteiger partial charge in [-0.3, -0.25) is 0 Å². The number of methoxy groups -OCH3 is 1. The van der Waals surface area contributed by atoms with Crippen LogP contribution in [0.25, 0.3) is 11.4 Å². The largest absolute Gasteiger partial charge is 0.497 e. The van der Waals surface area contributed by atoms with Crippen molar-refractivity contribution in [3.05, 3.63) is 24.3 Å². The second kappa shape index (κ2) is 5.04. The maximum absolute atomic E-state index is 5.81. The number of ether oxygens (including phenoxy) is 2. The lowest BCUT2D eigenvalue weighted by atomic mass is 9.96. The highest BCUT2D eigenvalue weighted by molar-refractivity contribution is 5.58. The van der Waals surface area contributed by atoms with Crippen LogP contribution in [0.1, 0.15) is 19.3 Å². The molecule has 1 aromatic heterocycles. The van der Waals surface area contributed by atoms with Gasteiger partial charge in [0.25, 0.3) is 0 Å². The van der Waals surface area contributed by atoms with Crippen LogP contribution in [0, 0.1) is 0 Å². The molecule has 4 rings (SSSR count). The summed E-state index contributed by atoms with van der Waals surface area (Å²) in [6, 6.07) is 8.33. The molecule has 21 heavy (non-hydrogen) atoms. The third-order valence-electron chi connectivity index (χ3n) is 4.17. The van der Waals surface area contributed by atoms with Gasteiger partial charge in [-0.1, -0.05) is 17.3 Å². The molecular formula is C15H17N3O3. The Morgan fingerprint density at radius 2 is 2.29 bits per heavy atom. The van der Waals surface area contributed by atoms with Crippen LogP contribution in [0.15, 0.2) is 28.8 Å². The van der Waals surface area contributed by atoms with Crippen LogP contribution >= 0.6 is 0 Å². The van der Waals surface area contributed by atoms with Gasteiger partial charge in [0.05, 0.1) is 25.4 Å². The second-order valence-corrected chi connectivity index (χ2v) is 5.52. The molecule has 3 unspecified atom stereocenters. The highest BCUT2D eigenvalue weighted by Crippen LogP contribution is 2.36. The molecule has 6 nitrogen and oxygen atoms in total. The monoisotopic (exact) mass is 287 g/mol. The van der Waals surface area contributed by atoms with E-state index < -0.39 is 0 Å². The van der Waals surface area contributed by atoms with Crippen molar-refractivity contribution in [2.45, 2.75) is 37.5 Å². The summed E-state index contributed by atoms with van der Waals surface area (Å²) in [7, 11) is 1.64. The maximum atomic E-state index is 5.81. The number of hydrogen-bond acceptors (Lipinski definition) is 6. The van der Waals surface area contributed by atoms with Crippen LogP contribution in [0.3, 0.4) is 0 Å². The molecule has 0 aliphatic carbocycles. The van der Waals surface area contributed by atoms with E-state index in [0.717, 1.165) is 24.2 Å². The van der Waals surface area contributed by atoms with E-state index in [1.807, 2.05) is 24.3 Å². The minimum absolute atomic E-state index is 0.280. The second-order valence-electron chi connectivity index (χ2n) is 5.52. The molecule has 3 heterocycles. The van der Waals surface area contributed by atoms with Gasteiger partial charge in [-0.2, -0.15) is 4.98 Å². The number of rotatable bonds is 4. The molecule has 0 amide bonds. The molecule has 2 bridgehead atoms. The number of aromatic nitrogens is 2. The van der Waals surface area contributed by atoms with Crippen LogP contribution in [0.5, 0.6) is 5.75 Å². The molecule has 0 radical (unpaired) electrons. The molecule has 1 N–H and O–H groups in total. The van der Waals surface area contributed by atoms with Gasteiger partial charge in [0.1, 0.15) is 5.75 Å². The van der Waals surface area contributed by atoms with E-state index in [1.165, 1.54) is 6.42 Å². The smallest absolute Gasteiger partial charge is 0.322 e. The number of anilines is 1. The Balaban J connectivity index is 1.50. The quantitative estimate of drug-likeness (QED) is 0.931. The number of benzene rings is 1. The van der Waals surface area contributed by atoms with Gasteiger partial charge in [-0.05, 0) is 31.4 Å². The number of hydrogen-bond donors (Lipinski definition) is 1. The average Bonchev–Trinajstić information content (AvgIpc) is 3.24. The van der Waals surface area contributed by atoms with E-state index >= 15 is 0 Å². The fourth-order valence-corrected chi connectivity index (χ4v) is 3.11. The summed E-state index contributed by atoms with van der Waals surface area (Å²) in [4.78, 5) is 4.40. The Bertz CT molecular complexity index is 643. The number of fused-ring (bicyclic) bond motifs is 2. The predicted molar refractivity (Wildman–Crippen MR) is 76.2 cm³/mol. The van der Waals surface area contributed by atoms with Crippen molar-refractivity contribution in [3.8, 4) is 17.1 Å². The summed E-state index contributed by atoms with van der Waals surface area (Å²) in [6.45, 7) is 0. The molecule has 2 aliphatic rings. The molecule has 2 saturated heterocycles. The van der Waals surface area contributed by atoms with Gasteiger partial charge in [0.2, 0.25) is 5.82 Å². The SMILES string of the molecule is COc1cccc(-c2noc(NC3CC4CCC3O4)n2)c1. The fourth-order valence-electron chi connectivity index (χ4n) is 3.11. The molecule has 2 aliphatic heterocycles. The zero-order chi connectivity index (χ0) is 14.2. The van der Waals surface area contributed by atoms with Crippen LogP contribution in [-0.2, 0) is 4.74 Å². The summed E-state index contributed by atoms with van der Waals surface area (Å²) in [5, 5.41) is 7.32. The van der Waals surface area contributed by atoms with Gasteiger partial charge < -0.3 is 19.3 Å².